The summed E-state index contributed by atoms with van der Waals surface area (Å²) in [5.41, 5.74) is 5.48. The van der Waals surface area contributed by atoms with Gasteiger partial charge in [-0.05, 0) is 38.0 Å². The van der Waals surface area contributed by atoms with E-state index in [2.05, 4.69) is 31.0 Å². The molecule has 3 unspecified atom stereocenters. The Balaban J connectivity index is 0.00000242. The lowest BCUT2D eigenvalue weighted by atomic mass is 9.90. The highest BCUT2D eigenvalue weighted by atomic mass is 35.5. The van der Waals surface area contributed by atoms with E-state index in [9.17, 15) is 4.79 Å². The van der Waals surface area contributed by atoms with Crippen LogP contribution in [0.4, 0.5) is 0 Å². The Kier molecular flexibility index (Phi) is 10.0. The SMILES string of the molecule is CC1CC(C)CN(CC(C)NC(=O)C2(N)CCOCC2)C1.Cl.Cl. The molecule has 0 aromatic rings. The van der Waals surface area contributed by atoms with Gasteiger partial charge in [-0.1, -0.05) is 13.8 Å². The monoisotopic (exact) mass is 369 g/mol. The molecule has 7 heteroatoms. The van der Waals surface area contributed by atoms with Crippen molar-refractivity contribution in [2.45, 2.75) is 51.6 Å². The predicted octanol–water partition coefficient (Wildman–Crippen LogP) is 1.82. The minimum atomic E-state index is -0.741. The van der Waals surface area contributed by atoms with E-state index < -0.39 is 5.54 Å². The number of amides is 1. The Hall–Kier alpha value is -0.0700. The first-order valence-electron chi connectivity index (χ1n) is 8.29. The number of carbonyl (C=O) groups excluding carboxylic acids is 1. The molecule has 5 nitrogen and oxygen atoms in total. The van der Waals surface area contributed by atoms with Crippen molar-refractivity contribution in [3.8, 4) is 0 Å². The molecule has 0 radical (unpaired) electrons. The smallest absolute Gasteiger partial charge is 0.240 e. The first kappa shape index (κ1) is 22.9. The van der Waals surface area contributed by atoms with E-state index in [0.717, 1.165) is 31.5 Å². The lowest BCUT2D eigenvalue weighted by molar-refractivity contribution is -0.130. The molecule has 3 atom stereocenters. The van der Waals surface area contributed by atoms with Gasteiger partial charge in [0.25, 0.3) is 0 Å². The zero-order valence-electron chi connectivity index (χ0n) is 14.5. The molecule has 0 aromatic carbocycles. The van der Waals surface area contributed by atoms with Crippen molar-refractivity contribution in [1.82, 2.24) is 10.2 Å². The molecule has 2 fully saturated rings. The molecule has 2 aliphatic heterocycles. The molecule has 0 aliphatic carbocycles. The van der Waals surface area contributed by atoms with Crippen LogP contribution in [0, 0.1) is 11.8 Å². The third kappa shape index (κ3) is 6.75. The Morgan fingerprint density at radius 2 is 1.78 bits per heavy atom. The Morgan fingerprint density at radius 3 is 2.30 bits per heavy atom. The fraction of sp³-hybridized carbons (Fsp3) is 0.938. The molecule has 1 amide bonds. The van der Waals surface area contributed by atoms with Gasteiger partial charge in [-0.25, -0.2) is 0 Å². The number of halogens is 2. The van der Waals surface area contributed by atoms with E-state index in [1.54, 1.807) is 0 Å². The highest BCUT2D eigenvalue weighted by Gasteiger charge is 2.36. The largest absolute Gasteiger partial charge is 0.381 e. The third-order valence-electron chi connectivity index (χ3n) is 4.69. The van der Waals surface area contributed by atoms with Crippen LogP contribution in [0.1, 0.15) is 40.0 Å². The second-order valence-corrected chi connectivity index (χ2v) is 7.31. The molecule has 2 heterocycles. The van der Waals surface area contributed by atoms with Gasteiger partial charge in [0.05, 0.1) is 5.54 Å². The minimum Gasteiger partial charge on any atom is -0.381 e. The van der Waals surface area contributed by atoms with E-state index in [-0.39, 0.29) is 36.8 Å². The van der Waals surface area contributed by atoms with Crippen molar-refractivity contribution >= 4 is 30.7 Å². The van der Waals surface area contributed by atoms with E-state index in [1.807, 2.05) is 0 Å². The number of nitrogens with two attached hydrogens (primary N) is 1. The van der Waals surface area contributed by atoms with Crippen LogP contribution in [0.15, 0.2) is 0 Å². The molecule has 2 saturated heterocycles. The Morgan fingerprint density at radius 1 is 1.26 bits per heavy atom. The molecule has 0 spiro atoms. The minimum absolute atomic E-state index is 0. The van der Waals surface area contributed by atoms with Crippen LogP contribution in [0.5, 0.6) is 0 Å². The molecule has 0 bridgehead atoms. The van der Waals surface area contributed by atoms with Crippen LogP contribution < -0.4 is 11.1 Å². The summed E-state index contributed by atoms with van der Waals surface area (Å²) in [6.45, 7) is 11.0. The topological polar surface area (TPSA) is 67.6 Å². The summed E-state index contributed by atoms with van der Waals surface area (Å²) in [7, 11) is 0. The second kappa shape index (κ2) is 10.0. The lowest BCUT2D eigenvalue weighted by Crippen LogP contribution is -2.59. The second-order valence-electron chi connectivity index (χ2n) is 7.31. The average molecular weight is 370 g/mol. The van der Waals surface area contributed by atoms with Crippen molar-refractivity contribution < 1.29 is 9.53 Å². The van der Waals surface area contributed by atoms with Crippen LogP contribution in [-0.4, -0.2) is 55.2 Å². The third-order valence-corrected chi connectivity index (χ3v) is 4.69. The molecule has 138 valence electrons. The summed E-state index contributed by atoms with van der Waals surface area (Å²) >= 11 is 0. The van der Waals surface area contributed by atoms with Crippen molar-refractivity contribution in [2.24, 2.45) is 17.6 Å². The normalized spacial score (nSPS) is 28.9. The highest BCUT2D eigenvalue weighted by Crippen LogP contribution is 2.21. The van der Waals surface area contributed by atoms with E-state index in [0.29, 0.717) is 26.1 Å². The first-order chi connectivity index (χ1) is 9.89. The number of carbonyl (C=O) groups is 1. The van der Waals surface area contributed by atoms with Gasteiger partial charge in [0.2, 0.25) is 5.91 Å². The average Bonchev–Trinajstić information content (AvgIpc) is 2.37. The fourth-order valence-electron chi connectivity index (χ4n) is 3.70. The molecule has 0 aromatic heterocycles. The van der Waals surface area contributed by atoms with Gasteiger partial charge in [-0.2, -0.15) is 0 Å². The number of hydrogen-bond donors (Lipinski definition) is 2. The number of nitrogens with one attached hydrogen (secondary N) is 1. The summed E-state index contributed by atoms with van der Waals surface area (Å²) in [6, 6.07) is 0.137. The van der Waals surface area contributed by atoms with Crippen molar-refractivity contribution in [3.63, 3.8) is 0 Å². The quantitative estimate of drug-likeness (QED) is 0.792. The standard InChI is InChI=1S/C16H31N3O2.2ClH/c1-12-8-13(2)10-19(9-12)11-14(3)18-15(20)16(17)4-6-21-7-5-16;;/h12-14H,4-11,17H2,1-3H3,(H,18,20);2*1H. The summed E-state index contributed by atoms with van der Waals surface area (Å²) in [6.07, 6.45) is 2.54. The fourth-order valence-corrected chi connectivity index (χ4v) is 3.70. The van der Waals surface area contributed by atoms with Gasteiger partial charge < -0.3 is 20.7 Å². The van der Waals surface area contributed by atoms with Gasteiger partial charge in [0.15, 0.2) is 0 Å². The Labute approximate surface area is 152 Å². The summed E-state index contributed by atoms with van der Waals surface area (Å²) < 4.78 is 5.30. The van der Waals surface area contributed by atoms with E-state index in [4.69, 9.17) is 10.5 Å². The van der Waals surface area contributed by atoms with Gasteiger partial charge in [0.1, 0.15) is 0 Å². The molecular weight excluding hydrogens is 337 g/mol. The zero-order valence-corrected chi connectivity index (χ0v) is 16.2. The highest BCUT2D eigenvalue weighted by molar-refractivity contribution is 5.86. The zero-order chi connectivity index (χ0) is 15.5. The molecular formula is C16H33Cl2N3O2. The molecule has 0 saturated carbocycles. The van der Waals surface area contributed by atoms with Crippen LogP contribution in [0.3, 0.4) is 0 Å². The number of hydrogen-bond acceptors (Lipinski definition) is 4. The van der Waals surface area contributed by atoms with Crippen LogP contribution >= 0.6 is 24.8 Å². The number of rotatable bonds is 4. The number of ether oxygens (including phenoxy) is 1. The molecule has 2 rings (SSSR count). The maximum Gasteiger partial charge on any atom is 0.240 e. The summed E-state index contributed by atoms with van der Waals surface area (Å²) in [5.74, 6) is 1.47. The maximum absolute atomic E-state index is 12.4. The Bertz CT molecular complexity index is 355. The number of likely N-dealkylation sites (tertiary alicyclic amines) is 1. The van der Waals surface area contributed by atoms with E-state index >= 15 is 0 Å². The van der Waals surface area contributed by atoms with Crippen LogP contribution in [0.25, 0.3) is 0 Å². The van der Waals surface area contributed by atoms with Crippen LogP contribution in [0.2, 0.25) is 0 Å². The summed E-state index contributed by atoms with van der Waals surface area (Å²) in [4.78, 5) is 14.9. The first-order valence-corrected chi connectivity index (χ1v) is 8.29. The van der Waals surface area contributed by atoms with Gasteiger partial charge in [-0.3, -0.25) is 4.79 Å². The predicted molar refractivity (Wildman–Crippen MR) is 98.5 cm³/mol. The number of nitrogens with zero attached hydrogens (tertiary/aromatic N) is 1. The van der Waals surface area contributed by atoms with Gasteiger partial charge >= 0.3 is 0 Å². The molecule has 23 heavy (non-hydrogen) atoms. The molecule has 2 aliphatic rings. The maximum atomic E-state index is 12.4. The van der Waals surface area contributed by atoms with Gasteiger partial charge in [-0.15, -0.1) is 24.8 Å². The van der Waals surface area contributed by atoms with E-state index in [1.165, 1.54) is 6.42 Å². The van der Waals surface area contributed by atoms with Crippen molar-refractivity contribution in [3.05, 3.63) is 0 Å². The lowest BCUT2D eigenvalue weighted by Gasteiger charge is -2.37. The number of piperidine rings is 1. The van der Waals surface area contributed by atoms with Gasteiger partial charge in [0, 0.05) is 38.9 Å². The van der Waals surface area contributed by atoms with Crippen LogP contribution in [-0.2, 0) is 9.53 Å². The van der Waals surface area contributed by atoms with Crippen molar-refractivity contribution in [1.29, 1.82) is 0 Å². The molecule has 3 N–H and O–H groups in total. The summed E-state index contributed by atoms with van der Waals surface area (Å²) in [5, 5.41) is 3.11. The van der Waals surface area contributed by atoms with Crippen molar-refractivity contribution in [2.75, 3.05) is 32.8 Å².